The minimum absolute atomic E-state index is 0.0116. The Morgan fingerprint density at radius 3 is 1.37 bits per heavy atom. The van der Waals surface area contributed by atoms with Gasteiger partial charge in [-0.25, -0.2) is 0 Å². The second kappa shape index (κ2) is 6.82. The van der Waals surface area contributed by atoms with Crippen LogP contribution in [0.3, 0.4) is 0 Å². The largest absolute Gasteiger partial charge is 0.658 e. The fourth-order valence-corrected chi connectivity index (χ4v) is 1.48. The Morgan fingerprint density at radius 2 is 1.05 bits per heavy atom. The van der Waals surface area contributed by atoms with E-state index in [0.717, 1.165) is 11.1 Å². The molecule has 0 saturated heterocycles. The topological polar surface area (TPSA) is 58.9 Å². The molecule has 0 spiro atoms. The van der Waals surface area contributed by atoms with Crippen LogP contribution in [0.5, 0.6) is 11.5 Å². The fraction of sp³-hybridized carbons (Fsp3) is 0.143. The van der Waals surface area contributed by atoms with Gasteiger partial charge >= 0.3 is 7.69 Å². The highest BCUT2D eigenvalue weighted by Gasteiger charge is 2.02. The minimum atomic E-state index is 0.0116. The number of rotatable bonds is 6. The van der Waals surface area contributed by atoms with E-state index in [1.807, 2.05) is 0 Å². The van der Waals surface area contributed by atoms with Gasteiger partial charge in [0.25, 0.3) is 0 Å². The molecule has 0 unspecified atom stereocenters. The first-order valence-electron chi connectivity index (χ1n) is 5.86. The average molecular weight is 257 g/mol. The molecule has 2 rings (SSSR count). The summed E-state index contributed by atoms with van der Waals surface area (Å²) < 4.78 is 10.6. The zero-order valence-corrected chi connectivity index (χ0v) is 10.3. The van der Waals surface area contributed by atoms with Gasteiger partial charge < -0.3 is 19.5 Å². The molecule has 0 aliphatic rings. The molecule has 19 heavy (non-hydrogen) atoms. The van der Waals surface area contributed by atoms with Crippen LogP contribution in [-0.4, -0.2) is 17.9 Å². The van der Waals surface area contributed by atoms with Gasteiger partial charge in [0, 0.05) is 0 Å². The van der Waals surface area contributed by atoms with Gasteiger partial charge in [-0.05, 0) is 35.4 Å². The number of hydrogen-bond donors (Lipinski definition) is 2. The lowest BCUT2D eigenvalue weighted by Crippen LogP contribution is -2.10. The normalized spacial score (nSPS) is 10.0. The summed E-state index contributed by atoms with van der Waals surface area (Å²) in [6.45, 7) is 0.0232. The number of hydrogen-bond acceptors (Lipinski definition) is 4. The van der Waals surface area contributed by atoms with Crippen LogP contribution in [0.2, 0.25) is 0 Å². The molecule has 0 fully saturated rings. The Morgan fingerprint density at radius 1 is 0.684 bits per heavy atom. The molecule has 0 atom stereocenters. The SMILES string of the molecule is OCc1ccc(O[B]Oc2ccc(CO)cc2)cc1. The summed E-state index contributed by atoms with van der Waals surface area (Å²) in [7, 11) is 1.24. The summed E-state index contributed by atoms with van der Waals surface area (Å²) in [6.07, 6.45) is 0. The summed E-state index contributed by atoms with van der Waals surface area (Å²) in [5.41, 5.74) is 1.65. The molecule has 97 valence electrons. The molecule has 0 bridgehead atoms. The monoisotopic (exact) mass is 257 g/mol. The maximum atomic E-state index is 8.90. The van der Waals surface area contributed by atoms with Gasteiger partial charge in [0.2, 0.25) is 0 Å². The van der Waals surface area contributed by atoms with Crippen molar-refractivity contribution in [1.82, 2.24) is 0 Å². The van der Waals surface area contributed by atoms with E-state index < -0.39 is 0 Å². The third kappa shape index (κ3) is 4.01. The molecule has 2 N–H and O–H groups in total. The smallest absolute Gasteiger partial charge is 0.526 e. The lowest BCUT2D eigenvalue weighted by Gasteiger charge is -2.07. The first kappa shape index (κ1) is 13.5. The molecule has 0 aromatic heterocycles. The van der Waals surface area contributed by atoms with E-state index in [1.54, 1.807) is 48.5 Å². The lowest BCUT2D eigenvalue weighted by molar-refractivity contribution is 0.281. The fourth-order valence-electron chi connectivity index (χ4n) is 1.48. The van der Waals surface area contributed by atoms with Crippen molar-refractivity contribution in [2.24, 2.45) is 0 Å². The Labute approximate surface area is 112 Å². The van der Waals surface area contributed by atoms with E-state index in [4.69, 9.17) is 19.5 Å². The van der Waals surface area contributed by atoms with Crippen molar-refractivity contribution in [1.29, 1.82) is 0 Å². The van der Waals surface area contributed by atoms with Crippen LogP contribution in [0.4, 0.5) is 0 Å². The number of aliphatic hydroxyl groups excluding tert-OH is 2. The summed E-state index contributed by atoms with van der Waals surface area (Å²) in [5, 5.41) is 17.8. The molecule has 1 radical (unpaired) electrons. The Bertz CT molecular complexity index is 448. The molecule has 0 saturated carbocycles. The Balaban J connectivity index is 1.81. The van der Waals surface area contributed by atoms with Gasteiger partial charge in [-0.2, -0.15) is 0 Å². The molecule has 0 aliphatic heterocycles. The molecular weight excluding hydrogens is 243 g/mol. The van der Waals surface area contributed by atoms with Crippen LogP contribution in [-0.2, 0) is 13.2 Å². The van der Waals surface area contributed by atoms with E-state index >= 15 is 0 Å². The van der Waals surface area contributed by atoms with Crippen molar-refractivity contribution in [3.8, 4) is 11.5 Å². The average Bonchev–Trinajstić information content (AvgIpc) is 2.49. The van der Waals surface area contributed by atoms with E-state index in [1.165, 1.54) is 7.69 Å². The summed E-state index contributed by atoms with van der Waals surface area (Å²) in [4.78, 5) is 0. The Kier molecular flexibility index (Phi) is 4.83. The van der Waals surface area contributed by atoms with Gasteiger partial charge in [0.15, 0.2) is 0 Å². The molecule has 5 heteroatoms. The van der Waals surface area contributed by atoms with Crippen molar-refractivity contribution < 1.29 is 19.5 Å². The van der Waals surface area contributed by atoms with Crippen LogP contribution >= 0.6 is 0 Å². The molecule has 0 aliphatic carbocycles. The summed E-state index contributed by atoms with van der Waals surface area (Å²) in [5.74, 6) is 1.26. The molecule has 0 amide bonds. The molecule has 4 nitrogen and oxygen atoms in total. The first-order valence-corrected chi connectivity index (χ1v) is 5.86. The van der Waals surface area contributed by atoms with E-state index in [0.29, 0.717) is 11.5 Å². The van der Waals surface area contributed by atoms with Crippen molar-refractivity contribution in [3.63, 3.8) is 0 Å². The highest BCUT2D eigenvalue weighted by Crippen LogP contribution is 2.14. The number of benzene rings is 2. The quantitative estimate of drug-likeness (QED) is 0.773. The van der Waals surface area contributed by atoms with Gasteiger partial charge in [-0.3, -0.25) is 0 Å². The maximum absolute atomic E-state index is 8.90. The standard InChI is InChI=1S/C14H14BO4/c16-9-11-1-5-13(6-2-11)18-15-19-14-7-3-12(10-17)4-8-14/h1-8,16-17H,9-10H2. The third-order valence-corrected chi connectivity index (χ3v) is 2.58. The van der Waals surface area contributed by atoms with Gasteiger partial charge in [-0.15, -0.1) is 0 Å². The second-order valence-electron chi connectivity index (χ2n) is 3.94. The van der Waals surface area contributed by atoms with Crippen molar-refractivity contribution >= 4 is 7.69 Å². The van der Waals surface area contributed by atoms with Crippen LogP contribution < -0.4 is 9.31 Å². The van der Waals surface area contributed by atoms with Crippen LogP contribution in [0.15, 0.2) is 48.5 Å². The highest BCUT2D eigenvalue weighted by molar-refractivity contribution is 6.20. The van der Waals surface area contributed by atoms with Gasteiger partial charge in [-0.1, -0.05) is 24.3 Å². The van der Waals surface area contributed by atoms with Gasteiger partial charge in [0.05, 0.1) is 13.2 Å². The summed E-state index contributed by atoms with van der Waals surface area (Å²) in [6, 6.07) is 14.1. The predicted molar refractivity (Wildman–Crippen MR) is 71.7 cm³/mol. The van der Waals surface area contributed by atoms with Crippen molar-refractivity contribution in [2.45, 2.75) is 13.2 Å². The van der Waals surface area contributed by atoms with E-state index in [9.17, 15) is 0 Å². The minimum Gasteiger partial charge on any atom is -0.526 e. The van der Waals surface area contributed by atoms with Crippen LogP contribution in [0, 0.1) is 0 Å². The lowest BCUT2D eigenvalue weighted by atomic mass is 10.2. The zero-order chi connectivity index (χ0) is 13.5. The molecular formula is C14H14BO4. The van der Waals surface area contributed by atoms with Crippen molar-refractivity contribution in [2.75, 3.05) is 0 Å². The van der Waals surface area contributed by atoms with Crippen molar-refractivity contribution in [3.05, 3.63) is 59.7 Å². The Hall–Kier alpha value is -1.98. The van der Waals surface area contributed by atoms with Crippen LogP contribution in [0.25, 0.3) is 0 Å². The second-order valence-corrected chi connectivity index (χ2v) is 3.94. The molecule has 0 heterocycles. The van der Waals surface area contributed by atoms with Crippen LogP contribution in [0.1, 0.15) is 11.1 Å². The molecule has 2 aromatic rings. The maximum Gasteiger partial charge on any atom is 0.658 e. The number of aliphatic hydroxyl groups is 2. The van der Waals surface area contributed by atoms with E-state index in [2.05, 4.69) is 0 Å². The summed E-state index contributed by atoms with van der Waals surface area (Å²) >= 11 is 0. The van der Waals surface area contributed by atoms with Gasteiger partial charge in [0.1, 0.15) is 11.5 Å². The highest BCUT2D eigenvalue weighted by atomic mass is 16.6. The first-order chi connectivity index (χ1) is 9.31. The van der Waals surface area contributed by atoms with E-state index in [-0.39, 0.29) is 13.2 Å². The molecule has 2 aromatic carbocycles. The zero-order valence-electron chi connectivity index (χ0n) is 10.3. The predicted octanol–water partition coefficient (Wildman–Crippen LogP) is 1.66. The third-order valence-electron chi connectivity index (χ3n) is 2.58.